The zero-order valence-corrected chi connectivity index (χ0v) is 7.89. The Balaban J connectivity index is 3.37. The van der Waals surface area contributed by atoms with Crippen LogP contribution in [-0.2, 0) is 9.47 Å². The smallest absolute Gasteiger partial charge is 0.404 e. The van der Waals surface area contributed by atoms with E-state index in [1.54, 1.807) is 6.92 Å². The van der Waals surface area contributed by atoms with Gasteiger partial charge in [-0.05, 0) is 6.92 Å². The number of hydrogen-bond acceptors (Lipinski definition) is 4. The van der Waals surface area contributed by atoms with Gasteiger partial charge in [-0.3, -0.25) is 0 Å². The first-order valence-corrected chi connectivity index (χ1v) is 3.96. The third-order valence-electron chi connectivity index (χ3n) is 1.03. The second-order valence-electron chi connectivity index (χ2n) is 2.04. The molecule has 0 aromatic carbocycles. The first kappa shape index (κ1) is 11.5. The lowest BCUT2D eigenvalue weighted by Crippen LogP contribution is -2.13. The standard InChI is InChI=1S/C6H8Cl2O4/c1-4(12-6(8)10)2-3-11-5(7)9/h4H,2-3H2,1H3. The molecular formula is C6H8Cl2O4. The second kappa shape index (κ2) is 6.08. The maximum atomic E-state index is 10.2. The number of carbonyl (C=O) groups excluding carboxylic acids is 2. The minimum absolute atomic E-state index is 0.105. The minimum Gasteiger partial charge on any atom is -0.454 e. The molecule has 0 saturated heterocycles. The number of carbonyl (C=O) groups is 2. The molecule has 0 spiro atoms. The number of rotatable bonds is 4. The van der Waals surface area contributed by atoms with Gasteiger partial charge in [-0.15, -0.1) is 0 Å². The predicted octanol–water partition coefficient (Wildman–Crippen LogP) is 2.52. The Morgan fingerprint density at radius 1 is 1.33 bits per heavy atom. The summed E-state index contributed by atoms with van der Waals surface area (Å²) in [5, 5.41) is 0. The summed E-state index contributed by atoms with van der Waals surface area (Å²) in [4.78, 5) is 20.2. The van der Waals surface area contributed by atoms with E-state index in [0.717, 1.165) is 0 Å². The van der Waals surface area contributed by atoms with Crippen molar-refractivity contribution in [2.45, 2.75) is 19.4 Å². The van der Waals surface area contributed by atoms with Crippen LogP contribution in [0.3, 0.4) is 0 Å². The molecule has 0 aliphatic heterocycles. The van der Waals surface area contributed by atoms with Crippen LogP contribution < -0.4 is 0 Å². The van der Waals surface area contributed by atoms with Crippen LogP contribution in [0.25, 0.3) is 0 Å². The van der Waals surface area contributed by atoms with Crippen molar-refractivity contribution in [2.75, 3.05) is 6.61 Å². The molecule has 0 aromatic rings. The van der Waals surface area contributed by atoms with Crippen molar-refractivity contribution >= 4 is 34.1 Å². The highest BCUT2D eigenvalue weighted by atomic mass is 35.5. The highest BCUT2D eigenvalue weighted by Crippen LogP contribution is 2.01. The van der Waals surface area contributed by atoms with E-state index in [2.05, 4.69) is 9.47 Å². The molecule has 0 radical (unpaired) electrons. The molecule has 0 N–H and O–H groups in total. The van der Waals surface area contributed by atoms with Crippen LogP contribution in [0.5, 0.6) is 0 Å². The fourth-order valence-electron chi connectivity index (χ4n) is 0.522. The van der Waals surface area contributed by atoms with Gasteiger partial charge >= 0.3 is 10.9 Å². The summed E-state index contributed by atoms with van der Waals surface area (Å²) in [5.41, 5.74) is -1.75. The van der Waals surface area contributed by atoms with Crippen LogP contribution in [0, 0.1) is 0 Å². The lowest BCUT2D eigenvalue weighted by Gasteiger charge is -2.09. The molecule has 0 aromatic heterocycles. The van der Waals surface area contributed by atoms with E-state index in [0.29, 0.717) is 6.42 Å². The van der Waals surface area contributed by atoms with Gasteiger partial charge < -0.3 is 9.47 Å². The molecule has 0 heterocycles. The van der Waals surface area contributed by atoms with Crippen molar-refractivity contribution in [1.29, 1.82) is 0 Å². The highest BCUT2D eigenvalue weighted by molar-refractivity contribution is 6.61. The monoisotopic (exact) mass is 214 g/mol. The van der Waals surface area contributed by atoms with Gasteiger partial charge in [0.1, 0.15) is 6.10 Å². The fraction of sp³-hybridized carbons (Fsp3) is 0.667. The SMILES string of the molecule is CC(CCOC(=O)Cl)OC(=O)Cl. The van der Waals surface area contributed by atoms with Crippen molar-refractivity contribution in [2.24, 2.45) is 0 Å². The first-order chi connectivity index (χ1) is 5.52. The zero-order chi connectivity index (χ0) is 9.56. The molecular weight excluding hydrogens is 207 g/mol. The Kier molecular flexibility index (Phi) is 5.84. The van der Waals surface area contributed by atoms with E-state index >= 15 is 0 Å². The highest BCUT2D eigenvalue weighted by Gasteiger charge is 2.07. The Bertz CT molecular complexity index is 171. The zero-order valence-electron chi connectivity index (χ0n) is 6.38. The molecule has 1 atom stereocenters. The topological polar surface area (TPSA) is 52.6 Å². The molecule has 0 aliphatic rings. The van der Waals surface area contributed by atoms with E-state index in [1.807, 2.05) is 0 Å². The van der Waals surface area contributed by atoms with Gasteiger partial charge in [0.05, 0.1) is 6.61 Å². The molecule has 0 rings (SSSR count). The van der Waals surface area contributed by atoms with Crippen molar-refractivity contribution in [1.82, 2.24) is 0 Å². The average Bonchev–Trinajstić information content (AvgIpc) is 1.84. The Morgan fingerprint density at radius 3 is 2.33 bits per heavy atom. The normalized spacial score (nSPS) is 11.9. The summed E-state index contributed by atoms with van der Waals surface area (Å²) in [6.45, 7) is 1.73. The van der Waals surface area contributed by atoms with Crippen molar-refractivity contribution < 1.29 is 19.1 Å². The van der Waals surface area contributed by atoms with Gasteiger partial charge in [-0.2, -0.15) is 0 Å². The predicted molar refractivity (Wildman–Crippen MR) is 43.6 cm³/mol. The molecule has 0 aliphatic carbocycles. The molecule has 12 heavy (non-hydrogen) atoms. The summed E-state index contributed by atoms with van der Waals surface area (Å²) in [6.07, 6.45) is -0.0114. The molecule has 4 nitrogen and oxygen atoms in total. The number of hydrogen-bond donors (Lipinski definition) is 0. The Hall–Kier alpha value is -0.480. The van der Waals surface area contributed by atoms with Gasteiger partial charge in [-0.1, -0.05) is 0 Å². The van der Waals surface area contributed by atoms with Crippen LogP contribution in [0.4, 0.5) is 9.59 Å². The van der Waals surface area contributed by atoms with Gasteiger partial charge in [-0.25, -0.2) is 9.59 Å². The van der Waals surface area contributed by atoms with Crippen LogP contribution in [-0.4, -0.2) is 23.6 Å². The lowest BCUT2D eigenvalue weighted by atomic mass is 10.3. The summed E-state index contributed by atoms with van der Waals surface area (Å²) in [7, 11) is 0. The lowest BCUT2D eigenvalue weighted by molar-refractivity contribution is 0.104. The second-order valence-corrected chi connectivity index (χ2v) is 2.66. The van der Waals surface area contributed by atoms with Gasteiger partial charge in [0, 0.05) is 29.6 Å². The molecule has 6 heteroatoms. The van der Waals surface area contributed by atoms with E-state index in [-0.39, 0.29) is 12.7 Å². The van der Waals surface area contributed by atoms with Crippen molar-refractivity contribution in [3.8, 4) is 0 Å². The van der Waals surface area contributed by atoms with Gasteiger partial charge in [0.15, 0.2) is 0 Å². The Morgan fingerprint density at radius 2 is 1.92 bits per heavy atom. The fourth-order valence-corrected chi connectivity index (χ4v) is 0.751. The summed E-state index contributed by atoms with van der Waals surface area (Å²) < 4.78 is 8.91. The molecule has 0 amide bonds. The Labute approximate surface area is 79.7 Å². The maximum absolute atomic E-state index is 10.2. The van der Waals surface area contributed by atoms with Crippen molar-refractivity contribution in [3.05, 3.63) is 0 Å². The first-order valence-electron chi connectivity index (χ1n) is 3.20. The molecule has 0 fully saturated rings. The van der Waals surface area contributed by atoms with E-state index in [4.69, 9.17) is 23.2 Å². The van der Waals surface area contributed by atoms with Crippen molar-refractivity contribution in [3.63, 3.8) is 0 Å². The number of halogens is 2. The molecule has 70 valence electrons. The van der Waals surface area contributed by atoms with E-state index in [9.17, 15) is 9.59 Å². The molecule has 1 unspecified atom stereocenters. The number of ether oxygens (including phenoxy) is 2. The summed E-state index contributed by atoms with van der Waals surface area (Å²) in [5.74, 6) is 0. The van der Waals surface area contributed by atoms with Crippen LogP contribution >= 0.6 is 23.2 Å². The minimum atomic E-state index is -0.876. The molecule has 0 saturated carbocycles. The van der Waals surface area contributed by atoms with Crippen LogP contribution in [0.2, 0.25) is 0 Å². The third kappa shape index (κ3) is 7.63. The van der Waals surface area contributed by atoms with Gasteiger partial charge in [0.2, 0.25) is 0 Å². The van der Waals surface area contributed by atoms with E-state index < -0.39 is 10.9 Å². The largest absolute Gasteiger partial charge is 0.454 e. The van der Waals surface area contributed by atoms with Crippen LogP contribution in [0.15, 0.2) is 0 Å². The summed E-state index contributed by atoms with van der Waals surface area (Å²) >= 11 is 9.79. The van der Waals surface area contributed by atoms with Gasteiger partial charge in [0.25, 0.3) is 0 Å². The van der Waals surface area contributed by atoms with E-state index in [1.165, 1.54) is 0 Å². The maximum Gasteiger partial charge on any atom is 0.404 e. The average molecular weight is 215 g/mol. The summed E-state index contributed by atoms with van der Waals surface area (Å²) in [6, 6.07) is 0. The third-order valence-corrected chi connectivity index (χ3v) is 1.23. The molecule has 0 bridgehead atoms. The quantitative estimate of drug-likeness (QED) is 0.676. The van der Waals surface area contributed by atoms with Crippen LogP contribution in [0.1, 0.15) is 13.3 Å².